The Morgan fingerprint density at radius 1 is 1.23 bits per heavy atom. The Bertz CT molecular complexity index is 626. The summed E-state index contributed by atoms with van der Waals surface area (Å²) in [6.45, 7) is 0. The molecule has 0 saturated heterocycles. The van der Waals surface area contributed by atoms with E-state index in [1.807, 2.05) is 0 Å². The van der Waals surface area contributed by atoms with Gasteiger partial charge in [0.2, 0.25) is 0 Å². The van der Waals surface area contributed by atoms with E-state index in [1.165, 1.54) is 0 Å². The minimum Gasteiger partial charge on any atom is -0.550 e. The first-order chi connectivity index (χ1) is 10.5. The smallest absolute Gasteiger partial charge is 0.550 e. The number of rotatable bonds is 4. The van der Waals surface area contributed by atoms with Crippen LogP contribution in [0.5, 0.6) is 0 Å². The second kappa shape index (κ2) is 10.9. The van der Waals surface area contributed by atoms with Gasteiger partial charge in [-0.1, -0.05) is 47.5 Å². The molecule has 112 valence electrons. The van der Waals surface area contributed by atoms with Crippen molar-refractivity contribution in [2.24, 2.45) is 0 Å². The average Bonchev–Trinajstić information content (AvgIpc) is 2.45. The van der Waals surface area contributed by atoms with Crippen molar-refractivity contribution >= 4 is 40.5 Å². The largest absolute Gasteiger partial charge is 1.00 e. The molecule has 2 rings (SSSR count). The van der Waals surface area contributed by atoms with Crippen LogP contribution in [0.15, 0.2) is 42.5 Å². The molecule has 1 N–H and O–H groups in total. The number of para-hydroxylation sites is 2. The second-order valence-electron chi connectivity index (χ2n) is 3.93. The van der Waals surface area contributed by atoms with E-state index in [4.69, 9.17) is 24.6 Å². The van der Waals surface area contributed by atoms with Crippen LogP contribution < -0.4 is 40.0 Å². The van der Waals surface area contributed by atoms with Gasteiger partial charge < -0.3 is 15.2 Å². The van der Waals surface area contributed by atoms with Crippen LogP contribution in [0.2, 0.25) is 10.0 Å². The molecule has 0 unspecified atom stereocenters. The zero-order valence-electron chi connectivity index (χ0n) is 12.9. The van der Waals surface area contributed by atoms with Crippen LogP contribution in [0.25, 0.3) is 0 Å². The number of hydrogen-bond acceptors (Lipinski definition) is 3. The molecule has 0 saturated carbocycles. The van der Waals surface area contributed by atoms with Gasteiger partial charge in [0.25, 0.3) is 0 Å². The third-order valence-corrected chi connectivity index (χ3v) is 3.20. The number of alkyl halides is 1. The normalized spacial score (nSPS) is 9.68. The first-order valence-electron chi connectivity index (χ1n) is 6.54. The van der Waals surface area contributed by atoms with E-state index in [0.29, 0.717) is 27.0 Å². The number of aliphatic carboxylic acids is 1. The van der Waals surface area contributed by atoms with Crippen LogP contribution in [0.4, 0.5) is 15.8 Å². The zero-order valence-corrected chi connectivity index (χ0v) is 15.4. The summed E-state index contributed by atoms with van der Waals surface area (Å²) in [5, 5.41) is 14.7. The third kappa shape index (κ3) is 6.15. The Hall–Kier alpha value is -0.780. The van der Waals surface area contributed by atoms with Crippen LogP contribution in [0, 0.1) is 0 Å². The number of anilines is 2. The molecule has 0 aliphatic rings. The van der Waals surface area contributed by atoms with Gasteiger partial charge in [-0.05, 0) is 23.8 Å². The summed E-state index contributed by atoms with van der Waals surface area (Å²) in [6.07, 6.45) is -0.175. The zero-order chi connectivity index (χ0) is 16.5. The number of carboxylic acids is 1. The van der Waals surface area contributed by atoms with Crippen molar-refractivity contribution in [3.8, 4) is 0 Å². The number of benzene rings is 2. The molecule has 0 atom stereocenters. The number of nitrogens with one attached hydrogen (secondary N) is 1. The average molecular weight is 353 g/mol. The van der Waals surface area contributed by atoms with Crippen molar-refractivity contribution in [2.45, 2.75) is 6.42 Å². The van der Waals surface area contributed by atoms with E-state index >= 15 is 0 Å². The van der Waals surface area contributed by atoms with Crippen LogP contribution >= 0.6 is 23.2 Å². The van der Waals surface area contributed by atoms with Gasteiger partial charge in [0.1, 0.15) is 0 Å². The Morgan fingerprint density at radius 3 is 2.32 bits per heavy atom. The minimum absolute atomic E-state index is 0. The molecule has 0 fully saturated rings. The summed E-state index contributed by atoms with van der Waals surface area (Å²) in [6, 6.07) is 12.2. The summed E-state index contributed by atoms with van der Waals surface area (Å²) < 4.78 is 15.5. The molecule has 0 bridgehead atoms. The fraction of sp³-hybridized carbons (Fsp3) is 0.133. The standard InChI is InChI=1S/C14H11Cl2NO2.CH3F.Na/c15-10-5-3-6-11(16)14(10)17-12-7-2-1-4-9(12)8-13(18)19;1-2;/h1-7,17H,8H2,(H,18,19);1H3;/q;;+1/p-1/i;1D;. The van der Waals surface area contributed by atoms with E-state index in [0.717, 1.165) is 0 Å². The van der Waals surface area contributed by atoms with Gasteiger partial charge in [-0.2, -0.15) is 0 Å². The Labute approximate surface area is 162 Å². The number of carbonyl (C=O) groups excluding carboxylic acids is 1. The fourth-order valence-electron chi connectivity index (χ4n) is 1.70. The first-order valence-corrected chi connectivity index (χ1v) is 6.59. The van der Waals surface area contributed by atoms with Crippen molar-refractivity contribution in [1.82, 2.24) is 0 Å². The Kier molecular flexibility index (Phi) is 9.52. The molecule has 2 aromatic rings. The molecule has 0 spiro atoms. The van der Waals surface area contributed by atoms with Gasteiger partial charge in [-0.3, -0.25) is 4.39 Å². The summed E-state index contributed by atoms with van der Waals surface area (Å²) in [7, 11) is -1.00. The fourth-order valence-corrected chi connectivity index (χ4v) is 2.20. The van der Waals surface area contributed by atoms with Gasteiger partial charge in [0.15, 0.2) is 0 Å². The topological polar surface area (TPSA) is 52.2 Å². The molecule has 0 aliphatic heterocycles. The van der Waals surface area contributed by atoms with Gasteiger partial charge >= 0.3 is 29.6 Å². The predicted molar refractivity (Wildman–Crippen MR) is 81.9 cm³/mol. The van der Waals surface area contributed by atoms with Crippen molar-refractivity contribution in [2.75, 3.05) is 12.5 Å². The molecule has 0 aromatic heterocycles. The summed E-state index contributed by atoms with van der Waals surface area (Å²) in [5.74, 6) is -1.14. The predicted octanol–water partition coefficient (Wildman–Crippen LogP) is 0.619. The van der Waals surface area contributed by atoms with Crippen LogP contribution in [-0.4, -0.2) is 13.1 Å². The molecule has 3 nitrogen and oxygen atoms in total. The first kappa shape index (κ1) is 19.3. The van der Waals surface area contributed by atoms with Crippen molar-refractivity contribution in [1.29, 1.82) is 0 Å². The minimum atomic E-state index is -1.14. The maximum Gasteiger partial charge on any atom is 1.00 e. The molecular weight excluding hydrogens is 339 g/mol. The van der Waals surface area contributed by atoms with E-state index in [1.54, 1.807) is 42.5 Å². The summed E-state index contributed by atoms with van der Waals surface area (Å²) in [5.41, 5.74) is 1.80. The Balaban J connectivity index is 0.00000112. The van der Waals surface area contributed by atoms with Gasteiger partial charge in [-0.25, -0.2) is 0 Å². The van der Waals surface area contributed by atoms with Crippen molar-refractivity contribution < 1.29 is 45.2 Å². The van der Waals surface area contributed by atoms with Gasteiger partial charge in [0, 0.05) is 18.1 Å². The molecule has 7 heteroatoms. The maximum absolute atomic E-state index is 10.7. The summed E-state index contributed by atoms with van der Waals surface area (Å²) in [4.78, 5) is 10.7. The second-order valence-corrected chi connectivity index (χ2v) is 4.74. The van der Waals surface area contributed by atoms with Crippen LogP contribution in [0.1, 0.15) is 6.93 Å². The molecule has 0 aliphatic carbocycles. The van der Waals surface area contributed by atoms with Crippen LogP contribution in [0.3, 0.4) is 0 Å². The SMILES string of the molecule is O=C([O-])Cc1ccccc1Nc1c(Cl)cccc1Cl.[2H]CF.[Na+]. The van der Waals surface area contributed by atoms with Crippen molar-refractivity contribution in [3.63, 3.8) is 0 Å². The van der Waals surface area contributed by atoms with Crippen molar-refractivity contribution in [3.05, 3.63) is 58.1 Å². The number of carbonyl (C=O) groups is 1. The molecule has 0 amide bonds. The summed E-state index contributed by atoms with van der Waals surface area (Å²) >= 11 is 12.1. The number of hydrogen-bond donors (Lipinski definition) is 1. The van der Waals surface area contributed by atoms with E-state index < -0.39 is 13.1 Å². The third-order valence-electron chi connectivity index (χ3n) is 2.57. The van der Waals surface area contributed by atoms with E-state index in [-0.39, 0.29) is 36.0 Å². The molecule has 0 radical (unpaired) electrons. The van der Waals surface area contributed by atoms with E-state index in [2.05, 4.69) is 5.32 Å². The quantitative estimate of drug-likeness (QED) is 0.820. The van der Waals surface area contributed by atoms with Gasteiger partial charge in [0.05, 0.1) is 24.3 Å². The molecule has 2 aromatic carbocycles. The number of carboxylic acid groups (broad SMARTS) is 1. The monoisotopic (exact) mass is 352 g/mol. The molecular formula is C15H13Cl2FNNaO2. The Morgan fingerprint density at radius 2 is 1.77 bits per heavy atom. The van der Waals surface area contributed by atoms with E-state index in [9.17, 15) is 14.3 Å². The number of halogens is 3. The maximum atomic E-state index is 10.7. The molecule has 0 heterocycles. The van der Waals surface area contributed by atoms with Gasteiger partial charge in [-0.15, -0.1) is 0 Å². The molecule has 22 heavy (non-hydrogen) atoms. The van der Waals surface area contributed by atoms with Crippen LogP contribution in [-0.2, 0) is 11.2 Å².